The van der Waals surface area contributed by atoms with E-state index in [9.17, 15) is 13.2 Å². The van der Waals surface area contributed by atoms with Crippen LogP contribution in [0, 0.1) is 0 Å². The largest absolute Gasteiger partial charge is 0.399 e. The molecule has 5 N–H and O–H groups in total. The minimum absolute atomic E-state index is 0.0247. The van der Waals surface area contributed by atoms with Gasteiger partial charge in [0.05, 0.1) is 10.6 Å². The first-order chi connectivity index (χ1) is 8.42. The Labute approximate surface area is 106 Å². The van der Waals surface area contributed by atoms with Crippen LogP contribution in [0.15, 0.2) is 29.2 Å². The minimum Gasteiger partial charge on any atom is -0.399 e. The van der Waals surface area contributed by atoms with Crippen molar-refractivity contribution in [3.8, 4) is 0 Å². The fraction of sp³-hybridized carbons (Fsp3) is 0.364. The molecule has 7 heteroatoms. The van der Waals surface area contributed by atoms with E-state index in [0.717, 1.165) is 0 Å². The lowest BCUT2D eigenvalue weighted by molar-refractivity contribution is 0.249. The van der Waals surface area contributed by atoms with Crippen molar-refractivity contribution < 1.29 is 13.2 Å². The first-order valence-electron chi connectivity index (χ1n) is 5.53. The highest BCUT2D eigenvalue weighted by atomic mass is 32.2. The van der Waals surface area contributed by atoms with Gasteiger partial charge in [0.1, 0.15) is 0 Å². The Hall–Kier alpha value is -1.76. The van der Waals surface area contributed by atoms with Crippen LogP contribution in [0.25, 0.3) is 0 Å². The summed E-state index contributed by atoms with van der Waals surface area (Å²) in [4.78, 5) is 10.6. The number of urea groups is 1. The Morgan fingerprint density at radius 3 is 2.61 bits per heavy atom. The summed E-state index contributed by atoms with van der Waals surface area (Å²) in [6.07, 6.45) is 1.02. The maximum absolute atomic E-state index is 11.9. The van der Waals surface area contributed by atoms with Crippen LogP contribution in [-0.2, 0) is 9.84 Å². The monoisotopic (exact) mass is 271 g/mol. The third-order valence-corrected chi connectivity index (χ3v) is 4.15. The summed E-state index contributed by atoms with van der Waals surface area (Å²) in [6, 6.07) is 5.60. The van der Waals surface area contributed by atoms with Crippen molar-refractivity contribution in [1.82, 2.24) is 5.32 Å². The van der Waals surface area contributed by atoms with Gasteiger partial charge < -0.3 is 16.8 Å². The number of amides is 2. The smallest absolute Gasteiger partial charge is 0.312 e. The van der Waals surface area contributed by atoms with Crippen molar-refractivity contribution in [2.24, 2.45) is 5.73 Å². The van der Waals surface area contributed by atoms with Gasteiger partial charge in [0, 0.05) is 12.2 Å². The van der Waals surface area contributed by atoms with Gasteiger partial charge in [-0.1, -0.05) is 6.07 Å². The number of carbonyl (C=O) groups excluding carboxylic acids is 1. The number of unbranched alkanes of at least 4 members (excludes halogenated alkanes) is 1. The molecular formula is C11H17N3O3S. The van der Waals surface area contributed by atoms with Crippen LogP contribution in [0.4, 0.5) is 10.5 Å². The van der Waals surface area contributed by atoms with Crippen molar-refractivity contribution in [3.63, 3.8) is 0 Å². The Bertz CT molecular complexity index is 514. The van der Waals surface area contributed by atoms with Crippen molar-refractivity contribution in [1.29, 1.82) is 0 Å². The van der Waals surface area contributed by atoms with Gasteiger partial charge in [-0.05, 0) is 31.0 Å². The first kappa shape index (κ1) is 14.3. The molecule has 0 aliphatic rings. The second kappa shape index (κ2) is 6.25. The molecule has 0 fully saturated rings. The number of rotatable bonds is 6. The zero-order chi connectivity index (χ0) is 13.6. The van der Waals surface area contributed by atoms with Crippen LogP contribution in [0.2, 0.25) is 0 Å². The van der Waals surface area contributed by atoms with Crippen molar-refractivity contribution >= 4 is 21.6 Å². The van der Waals surface area contributed by atoms with E-state index in [1.807, 2.05) is 0 Å². The summed E-state index contributed by atoms with van der Waals surface area (Å²) in [5.74, 6) is 0.0247. The maximum atomic E-state index is 11.9. The van der Waals surface area contributed by atoms with E-state index in [1.165, 1.54) is 12.1 Å². The van der Waals surface area contributed by atoms with E-state index in [4.69, 9.17) is 11.5 Å². The van der Waals surface area contributed by atoms with Gasteiger partial charge in [-0.2, -0.15) is 0 Å². The zero-order valence-corrected chi connectivity index (χ0v) is 10.7. The topological polar surface area (TPSA) is 115 Å². The third-order valence-electron chi connectivity index (χ3n) is 2.36. The van der Waals surface area contributed by atoms with Gasteiger partial charge in [-0.15, -0.1) is 0 Å². The molecule has 6 nitrogen and oxygen atoms in total. The molecule has 100 valence electrons. The van der Waals surface area contributed by atoms with E-state index in [0.29, 0.717) is 25.1 Å². The number of benzene rings is 1. The molecule has 0 atom stereocenters. The van der Waals surface area contributed by atoms with Gasteiger partial charge in [-0.25, -0.2) is 13.2 Å². The number of nitrogens with one attached hydrogen (secondary N) is 1. The highest BCUT2D eigenvalue weighted by molar-refractivity contribution is 7.91. The minimum atomic E-state index is -3.31. The average Bonchev–Trinajstić information content (AvgIpc) is 2.28. The molecule has 0 bridgehead atoms. The number of sulfone groups is 1. The van der Waals surface area contributed by atoms with Crippen LogP contribution in [0.1, 0.15) is 12.8 Å². The zero-order valence-electron chi connectivity index (χ0n) is 9.93. The lowest BCUT2D eigenvalue weighted by atomic mass is 10.3. The molecular weight excluding hydrogens is 254 g/mol. The molecule has 0 radical (unpaired) electrons. The third kappa shape index (κ3) is 4.62. The van der Waals surface area contributed by atoms with Crippen molar-refractivity contribution in [2.45, 2.75) is 17.7 Å². The molecule has 0 aromatic heterocycles. The molecule has 2 amide bonds. The molecule has 0 aliphatic heterocycles. The molecule has 0 aliphatic carbocycles. The Kier molecular flexibility index (Phi) is 4.96. The van der Waals surface area contributed by atoms with E-state index < -0.39 is 15.9 Å². The molecule has 0 unspecified atom stereocenters. The number of hydrogen-bond acceptors (Lipinski definition) is 4. The van der Waals surface area contributed by atoms with Crippen LogP contribution in [-0.4, -0.2) is 26.7 Å². The van der Waals surface area contributed by atoms with Crippen LogP contribution >= 0.6 is 0 Å². The standard InChI is InChI=1S/C11H17N3O3S/c12-9-4-3-5-10(8-9)18(16,17)7-2-1-6-14-11(13)15/h3-5,8H,1-2,6-7,12H2,(H3,13,14,15). The summed E-state index contributed by atoms with van der Waals surface area (Å²) in [7, 11) is -3.31. The maximum Gasteiger partial charge on any atom is 0.312 e. The highest BCUT2D eigenvalue weighted by Crippen LogP contribution is 2.15. The molecule has 0 saturated carbocycles. The summed E-state index contributed by atoms with van der Waals surface area (Å²) in [5.41, 5.74) is 10.8. The van der Waals surface area contributed by atoms with Crippen LogP contribution in [0.3, 0.4) is 0 Å². The number of carbonyl (C=O) groups is 1. The molecule has 0 spiro atoms. The molecule has 1 aromatic rings. The summed E-state index contributed by atoms with van der Waals surface area (Å²) in [6.45, 7) is 0.377. The number of primary amides is 1. The number of anilines is 1. The predicted molar refractivity (Wildman–Crippen MR) is 69.7 cm³/mol. The van der Waals surface area contributed by atoms with Gasteiger partial charge in [-0.3, -0.25) is 0 Å². The molecule has 0 saturated heterocycles. The van der Waals surface area contributed by atoms with Gasteiger partial charge in [0.2, 0.25) is 0 Å². The van der Waals surface area contributed by atoms with Gasteiger partial charge >= 0.3 is 6.03 Å². The predicted octanol–water partition coefficient (Wildman–Crippen LogP) is 0.491. The summed E-state index contributed by atoms with van der Waals surface area (Å²) in [5, 5.41) is 2.40. The van der Waals surface area contributed by atoms with Crippen LogP contribution in [0.5, 0.6) is 0 Å². The fourth-order valence-corrected chi connectivity index (χ4v) is 2.88. The summed E-state index contributed by atoms with van der Waals surface area (Å²) < 4.78 is 23.8. The van der Waals surface area contributed by atoms with Crippen LogP contribution < -0.4 is 16.8 Å². The number of nitrogen functional groups attached to an aromatic ring is 1. The molecule has 0 heterocycles. The Balaban J connectivity index is 2.48. The molecule has 18 heavy (non-hydrogen) atoms. The SMILES string of the molecule is NC(=O)NCCCCS(=O)(=O)c1cccc(N)c1. The van der Waals surface area contributed by atoms with E-state index in [-0.39, 0.29) is 10.6 Å². The van der Waals surface area contributed by atoms with E-state index in [2.05, 4.69) is 5.32 Å². The molecule has 1 rings (SSSR count). The lowest BCUT2D eigenvalue weighted by Crippen LogP contribution is -2.30. The van der Waals surface area contributed by atoms with Gasteiger partial charge in [0.25, 0.3) is 0 Å². The average molecular weight is 271 g/mol. The van der Waals surface area contributed by atoms with E-state index >= 15 is 0 Å². The van der Waals surface area contributed by atoms with Crippen molar-refractivity contribution in [3.05, 3.63) is 24.3 Å². The van der Waals surface area contributed by atoms with Crippen molar-refractivity contribution in [2.75, 3.05) is 18.0 Å². The lowest BCUT2D eigenvalue weighted by Gasteiger charge is -2.05. The fourth-order valence-electron chi connectivity index (χ4n) is 1.45. The summed E-state index contributed by atoms with van der Waals surface area (Å²) >= 11 is 0. The second-order valence-corrected chi connectivity index (χ2v) is 6.00. The first-order valence-corrected chi connectivity index (χ1v) is 7.18. The Morgan fingerprint density at radius 1 is 1.28 bits per heavy atom. The second-order valence-electron chi connectivity index (χ2n) is 3.89. The quantitative estimate of drug-likeness (QED) is 0.516. The number of nitrogens with two attached hydrogens (primary N) is 2. The van der Waals surface area contributed by atoms with E-state index in [1.54, 1.807) is 12.1 Å². The normalized spacial score (nSPS) is 11.1. The Morgan fingerprint density at radius 2 is 2.00 bits per heavy atom. The van der Waals surface area contributed by atoms with Gasteiger partial charge in [0.15, 0.2) is 9.84 Å². The number of hydrogen-bond donors (Lipinski definition) is 3. The highest BCUT2D eigenvalue weighted by Gasteiger charge is 2.13. The molecule has 1 aromatic carbocycles.